The van der Waals surface area contributed by atoms with Crippen LogP contribution < -0.4 is 11.1 Å². The van der Waals surface area contributed by atoms with E-state index in [2.05, 4.69) is 21.2 Å². The number of nitrogens with two attached hydrogens (primary N) is 1. The second kappa shape index (κ2) is 5.41. The van der Waals surface area contributed by atoms with Crippen molar-refractivity contribution in [2.75, 3.05) is 0 Å². The molecule has 1 aromatic rings. The summed E-state index contributed by atoms with van der Waals surface area (Å²) in [6.07, 6.45) is 3.50. The molecule has 3 N–H and O–H groups in total. The van der Waals surface area contributed by atoms with Gasteiger partial charge in [0.2, 0.25) is 5.91 Å². The van der Waals surface area contributed by atoms with Gasteiger partial charge in [-0.05, 0) is 37.8 Å². The van der Waals surface area contributed by atoms with Crippen molar-refractivity contribution in [2.45, 2.75) is 44.2 Å². The third kappa shape index (κ3) is 3.12. The van der Waals surface area contributed by atoms with Gasteiger partial charge in [-0.2, -0.15) is 0 Å². The number of carbonyl (C=O) groups is 1. The molecular weight excluding hydrogens is 292 g/mol. The van der Waals surface area contributed by atoms with Gasteiger partial charge in [-0.1, -0.05) is 34.1 Å². The Labute approximate surface area is 116 Å². The summed E-state index contributed by atoms with van der Waals surface area (Å²) in [6.45, 7) is 1.99. The van der Waals surface area contributed by atoms with Gasteiger partial charge in [-0.15, -0.1) is 0 Å². The average molecular weight is 311 g/mol. The highest BCUT2D eigenvalue weighted by Crippen LogP contribution is 2.32. The molecule has 0 radical (unpaired) electrons. The number of benzene rings is 1. The first-order valence-corrected chi connectivity index (χ1v) is 7.12. The molecule has 0 saturated heterocycles. The molecule has 3 nitrogen and oxygen atoms in total. The summed E-state index contributed by atoms with van der Waals surface area (Å²) in [5.41, 5.74) is 6.91. The molecule has 18 heavy (non-hydrogen) atoms. The fourth-order valence-electron chi connectivity index (χ4n) is 2.32. The molecule has 0 aromatic heterocycles. The molecule has 0 aliphatic heterocycles. The van der Waals surface area contributed by atoms with E-state index in [0.29, 0.717) is 6.42 Å². The zero-order valence-electron chi connectivity index (χ0n) is 10.6. The van der Waals surface area contributed by atoms with Crippen LogP contribution in [0.25, 0.3) is 0 Å². The zero-order chi connectivity index (χ0) is 13.2. The molecule has 1 aliphatic rings. The van der Waals surface area contributed by atoms with Gasteiger partial charge < -0.3 is 11.1 Å². The third-order valence-electron chi connectivity index (χ3n) is 3.61. The molecule has 98 valence electrons. The highest BCUT2D eigenvalue weighted by molar-refractivity contribution is 9.10. The summed E-state index contributed by atoms with van der Waals surface area (Å²) >= 11 is 3.50. The lowest BCUT2D eigenvalue weighted by Gasteiger charge is -2.37. The van der Waals surface area contributed by atoms with Crippen LogP contribution in [0.1, 0.15) is 44.2 Å². The summed E-state index contributed by atoms with van der Waals surface area (Å²) in [4.78, 5) is 11.9. The number of nitrogens with one attached hydrogen (secondary N) is 1. The summed E-state index contributed by atoms with van der Waals surface area (Å²) in [5.74, 6) is 0.0421. The maximum absolute atomic E-state index is 11.9. The van der Waals surface area contributed by atoms with E-state index >= 15 is 0 Å². The summed E-state index contributed by atoms with van der Waals surface area (Å²) < 4.78 is 1.02. The van der Waals surface area contributed by atoms with Crippen LogP contribution in [0.15, 0.2) is 28.7 Å². The van der Waals surface area contributed by atoms with Crippen molar-refractivity contribution in [2.24, 2.45) is 5.73 Å². The van der Waals surface area contributed by atoms with Crippen molar-refractivity contribution in [1.29, 1.82) is 0 Å². The number of amides is 1. The Morgan fingerprint density at radius 3 is 2.72 bits per heavy atom. The normalized spacial score (nSPS) is 18.8. The van der Waals surface area contributed by atoms with Crippen LogP contribution >= 0.6 is 15.9 Å². The lowest BCUT2D eigenvalue weighted by molar-refractivity contribution is -0.123. The first kappa shape index (κ1) is 13.6. The SMILES string of the molecule is C[C@@H](NC(=O)CC1(N)CCC1)c1ccccc1Br. The van der Waals surface area contributed by atoms with Crippen molar-refractivity contribution in [3.63, 3.8) is 0 Å². The Hall–Kier alpha value is -0.870. The molecule has 0 bridgehead atoms. The van der Waals surface area contributed by atoms with Crippen molar-refractivity contribution < 1.29 is 4.79 Å². The second-order valence-electron chi connectivity index (χ2n) is 5.20. The largest absolute Gasteiger partial charge is 0.349 e. The van der Waals surface area contributed by atoms with Crippen LogP contribution in [0, 0.1) is 0 Å². The minimum atomic E-state index is -0.252. The Bertz CT molecular complexity index is 443. The van der Waals surface area contributed by atoms with Gasteiger partial charge in [0.25, 0.3) is 0 Å². The van der Waals surface area contributed by atoms with Crippen molar-refractivity contribution in [1.82, 2.24) is 5.32 Å². The number of halogens is 1. The molecule has 0 heterocycles. The fraction of sp³-hybridized carbons (Fsp3) is 0.500. The molecule has 1 aromatic carbocycles. The van der Waals surface area contributed by atoms with Gasteiger partial charge >= 0.3 is 0 Å². The van der Waals surface area contributed by atoms with E-state index < -0.39 is 0 Å². The summed E-state index contributed by atoms with van der Waals surface area (Å²) in [6, 6.07) is 7.92. The highest BCUT2D eigenvalue weighted by Gasteiger charge is 2.34. The van der Waals surface area contributed by atoms with E-state index in [1.807, 2.05) is 31.2 Å². The smallest absolute Gasteiger partial charge is 0.222 e. The third-order valence-corrected chi connectivity index (χ3v) is 4.33. The molecule has 4 heteroatoms. The van der Waals surface area contributed by atoms with Gasteiger partial charge in [0.15, 0.2) is 0 Å². The monoisotopic (exact) mass is 310 g/mol. The fourth-order valence-corrected chi connectivity index (χ4v) is 2.95. The summed E-state index contributed by atoms with van der Waals surface area (Å²) in [5, 5.41) is 3.01. The number of rotatable bonds is 4. The minimum absolute atomic E-state index is 0.00301. The minimum Gasteiger partial charge on any atom is -0.349 e. The van der Waals surface area contributed by atoms with E-state index in [4.69, 9.17) is 5.73 Å². The molecule has 0 unspecified atom stereocenters. The van der Waals surface area contributed by atoms with Gasteiger partial charge in [-0.3, -0.25) is 4.79 Å². The number of hydrogen-bond donors (Lipinski definition) is 2. The first-order valence-electron chi connectivity index (χ1n) is 6.33. The molecular formula is C14H19BrN2O. The van der Waals surface area contributed by atoms with Crippen LogP contribution in [0.3, 0.4) is 0 Å². The molecule has 2 rings (SSSR count). The molecule has 1 atom stereocenters. The Balaban J connectivity index is 1.93. The zero-order valence-corrected chi connectivity index (χ0v) is 12.2. The van der Waals surface area contributed by atoms with Gasteiger partial charge in [0, 0.05) is 16.4 Å². The van der Waals surface area contributed by atoms with E-state index in [-0.39, 0.29) is 17.5 Å². The van der Waals surface area contributed by atoms with E-state index in [1.54, 1.807) is 0 Å². The Kier molecular flexibility index (Phi) is 4.07. The molecule has 1 saturated carbocycles. The predicted octanol–water partition coefficient (Wildman–Crippen LogP) is 2.90. The quantitative estimate of drug-likeness (QED) is 0.898. The Morgan fingerprint density at radius 1 is 1.50 bits per heavy atom. The lowest BCUT2D eigenvalue weighted by Crippen LogP contribution is -2.50. The standard InChI is InChI=1S/C14H19BrN2O/c1-10(11-5-2-3-6-12(11)15)17-13(18)9-14(16)7-4-8-14/h2-3,5-6,10H,4,7-9,16H2,1H3,(H,17,18)/t10-/m1/s1. The Morgan fingerprint density at radius 2 is 2.17 bits per heavy atom. The second-order valence-corrected chi connectivity index (χ2v) is 6.06. The maximum atomic E-state index is 11.9. The van der Waals surface area contributed by atoms with Gasteiger partial charge in [-0.25, -0.2) is 0 Å². The first-order chi connectivity index (χ1) is 8.50. The van der Waals surface area contributed by atoms with E-state index in [9.17, 15) is 4.79 Å². The van der Waals surface area contributed by atoms with Crippen molar-refractivity contribution in [3.05, 3.63) is 34.3 Å². The summed E-state index contributed by atoms with van der Waals surface area (Å²) in [7, 11) is 0. The lowest BCUT2D eigenvalue weighted by atomic mass is 9.75. The molecule has 1 amide bonds. The van der Waals surface area contributed by atoms with Crippen LogP contribution in [-0.4, -0.2) is 11.4 Å². The van der Waals surface area contributed by atoms with E-state index in [0.717, 1.165) is 29.3 Å². The van der Waals surface area contributed by atoms with Crippen LogP contribution in [0.4, 0.5) is 0 Å². The molecule has 0 spiro atoms. The average Bonchev–Trinajstić information content (AvgIpc) is 2.27. The molecule has 1 fully saturated rings. The van der Waals surface area contributed by atoms with Crippen molar-refractivity contribution >= 4 is 21.8 Å². The van der Waals surface area contributed by atoms with Crippen molar-refractivity contribution in [3.8, 4) is 0 Å². The highest BCUT2D eigenvalue weighted by atomic mass is 79.9. The maximum Gasteiger partial charge on any atom is 0.222 e. The predicted molar refractivity (Wildman–Crippen MR) is 76.1 cm³/mol. The van der Waals surface area contributed by atoms with E-state index in [1.165, 1.54) is 0 Å². The van der Waals surface area contributed by atoms with Crippen LogP contribution in [-0.2, 0) is 4.79 Å². The molecule has 1 aliphatic carbocycles. The number of carbonyl (C=O) groups excluding carboxylic acids is 1. The van der Waals surface area contributed by atoms with Gasteiger partial charge in [0.1, 0.15) is 0 Å². The van der Waals surface area contributed by atoms with Crippen LogP contribution in [0.5, 0.6) is 0 Å². The number of hydrogen-bond acceptors (Lipinski definition) is 2. The van der Waals surface area contributed by atoms with Crippen LogP contribution in [0.2, 0.25) is 0 Å². The van der Waals surface area contributed by atoms with Gasteiger partial charge in [0.05, 0.1) is 6.04 Å². The topological polar surface area (TPSA) is 55.1 Å².